The van der Waals surface area contributed by atoms with Crippen LogP contribution < -0.4 is 15.4 Å². The van der Waals surface area contributed by atoms with Crippen LogP contribution in [0.3, 0.4) is 0 Å². The summed E-state index contributed by atoms with van der Waals surface area (Å²) in [6.07, 6.45) is -1.97. The highest BCUT2D eigenvalue weighted by Gasteiger charge is 2.30. The van der Waals surface area contributed by atoms with Gasteiger partial charge in [0, 0.05) is 37.2 Å². The lowest BCUT2D eigenvalue weighted by molar-refractivity contribution is -0.137. The highest BCUT2D eigenvalue weighted by atomic mass is 32.2. The topological polar surface area (TPSA) is 70.7 Å². The van der Waals surface area contributed by atoms with Gasteiger partial charge in [0.15, 0.2) is 0 Å². The van der Waals surface area contributed by atoms with Gasteiger partial charge in [-0.3, -0.25) is 0 Å². The number of fused-ring (bicyclic) bond motifs is 2. The lowest BCUT2D eigenvalue weighted by atomic mass is 10.0. The number of hydrogen-bond donors (Lipinski definition) is 2. The van der Waals surface area contributed by atoms with E-state index in [0.717, 1.165) is 36.3 Å². The van der Waals surface area contributed by atoms with Crippen molar-refractivity contribution in [3.63, 3.8) is 0 Å². The molecule has 1 aliphatic rings. The average Bonchev–Trinajstić information content (AvgIpc) is 2.98. The molecule has 0 aliphatic carbocycles. The summed E-state index contributed by atoms with van der Waals surface area (Å²) in [7, 11) is -1.64. The minimum Gasteiger partial charge on any atom is -0.399 e. The van der Waals surface area contributed by atoms with Gasteiger partial charge in [-0.05, 0) is 72.9 Å². The summed E-state index contributed by atoms with van der Waals surface area (Å²) in [5.41, 5.74) is 10.6. The van der Waals surface area contributed by atoms with Crippen molar-refractivity contribution < 1.29 is 17.4 Å². The molecule has 1 atom stereocenters. The Labute approximate surface area is 198 Å². The number of rotatable bonds is 6. The number of benzene rings is 3. The van der Waals surface area contributed by atoms with Gasteiger partial charge < -0.3 is 10.6 Å². The van der Waals surface area contributed by atoms with Crippen molar-refractivity contribution in [2.24, 2.45) is 4.36 Å². The van der Waals surface area contributed by atoms with Crippen molar-refractivity contribution in [3.8, 4) is 0 Å². The minimum atomic E-state index is -4.45. The molecule has 0 bridgehead atoms. The fourth-order valence-electron chi connectivity index (χ4n) is 4.20. The number of aryl methyl sites for hydroxylation is 2. The third-order valence-corrected chi connectivity index (χ3v) is 7.98. The zero-order valence-electron chi connectivity index (χ0n) is 18.8. The largest absolute Gasteiger partial charge is 0.416 e. The average molecular weight is 489 g/mol. The molecule has 3 aromatic carbocycles. The highest BCUT2D eigenvalue weighted by molar-refractivity contribution is 7.91. The van der Waals surface area contributed by atoms with E-state index >= 15 is 0 Å². The molecule has 0 aromatic heterocycles. The second kappa shape index (κ2) is 9.68. The smallest absolute Gasteiger partial charge is 0.399 e. The van der Waals surface area contributed by atoms with Gasteiger partial charge in [0.05, 0.1) is 10.5 Å². The van der Waals surface area contributed by atoms with Gasteiger partial charge in [-0.25, -0.2) is 13.3 Å². The van der Waals surface area contributed by atoms with E-state index in [1.54, 1.807) is 0 Å². The molecule has 0 spiro atoms. The Bertz CT molecular complexity index is 1280. The van der Waals surface area contributed by atoms with Crippen LogP contribution in [-0.2, 0) is 28.9 Å². The molecule has 0 fully saturated rings. The summed E-state index contributed by atoms with van der Waals surface area (Å²) >= 11 is 0. The number of alkyl halides is 3. The summed E-state index contributed by atoms with van der Waals surface area (Å²) in [6, 6.07) is 18.5. The van der Waals surface area contributed by atoms with Gasteiger partial charge in [-0.15, -0.1) is 0 Å². The van der Waals surface area contributed by atoms with Crippen molar-refractivity contribution in [2.45, 2.75) is 30.3 Å². The summed E-state index contributed by atoms with van der Waals surface area (Å²) in [5, 5.41) is 0. The molecule has 1 aliphatic heterocycles. The van der Waals surface area contributed by atoms with Crippen molar-refractivity contribution in [3.05, 3.63) is 83.4 Å². The van der Waals surface area contributed by atoms with Gasteiger partial charge >= 0.3 is 6.18 Å². The Morgan fingerprint density at radius 2 is 1.68 bits per heavy atom. The summed E-state index contributed by atoms with van der Waals surface area (Å²) < 4.78 is 58.8. The van der Waals surface area contributed by atoms with Crippen LogP contribution in [0.2, 0.25) is 0 Å². The maximum absolute atomic E-state index is 13.3. The maximum Gasteiger partial charge on any atom is 0.416 e. The summed E-state index contributed by atoms with van der Waals surface area (Å²) in [6.45, 7) is 1.01. The van der Waals surface area contributed by atoms with E-state index in [0.29, 0.717) is 25.2 Å². The fraction of sp³-hybridized carbons (Fsp3) is 0.280. The molecular formula is C25H27F3N4OS. The van der Waals surface area contributed by atoms with Crippen LogP contribution in [0.4, 0.5) is 30.2 Å². The monoisotopic (exact) mass is 488 g/mol. The van der Waals surface area contributed by atoms with Crippen LogP contribution in [0.5, 0.6) is 0 Å². The molecule has 0 saturated carbocycles. The molecule has 1 unspecified atom stereocenters. The third kappa shape index (κ3) is 5.05. The van der Waals surface area contributed by atoms with E-state index in [9.17, 15) is 17.4 Å². The van der Waals surface area contributed by atoms with Crippen molar-refractivity contribution >= 4 is 27.0 Å². The molecule has 180 valence electrons. The standard InChI is InChI=1S/C25H27F3N4OS/c1-30-34(33,22-13-10-20(11-14-22)25(26,27)28)31-15-4-16-32-23-6-3-2-5-18(23)7-8-19-9-12-21(29)17-24(19)32/h2-3,5-6,9-14,17H,4,7-8,15-16,29H2,1H3,(H,30,31,33). The molecule has 5 nitrogen and oxygen atoms in total. The molecule has 34 heavy (non-hydrogen) atoms. The van der Waals surface area contributed by atoms with E-state index in [4.69, 9.17) is 5.73 Å². The molecule has 4 rings (SSSR count). The Morgan fingerprint density at radius 3 is 2.35 bits per heavy atom. The SMILES string of the molecule is CN=S(=O)(NCCCN1c2ccccc2CCc2ccc(N)cc21)c1ccc(C(F)(F)F)cc1. The first kappa shape index (κ1) is 24.1. The van der Waals surface area contributed by atoms with Gasteiger partial charge in [0.25, 0.3) is 0 Å². The second-order valence-electron chi connectivity index (χ2n) is 8.15. The highest BCUT2D eigenvalue weighted by Crippen LogP contribution is 2.37. The predicted octanol–water partition coefficient (Wildman–Crippen LogP) is 5.58. The van der Waals surface area contributed by atoms with Crippen LogP contribution in [0.15, 0.2) is 76.0 Å². The number of nitrogens with one attached hydrogen (secondary N) is 1. The number of nitrogens with two attached hydrogens (primary N) is 1. The van der Waals surface area contributed by atoms with Crippen molar-refractivity contribution in [2.75, 3.05) is 30.8 Å². The van der Waals surface area contributed by atoms with E-state index in [1.165, 1.54) is 30.3 Å². The van der Waals surface area contributed by atoms with E-state index in [-0.39, 0.29) is 4.90 Å². The van der Waals surface area contributed by atoms with Gasteiger partial charge in [0.2, 0.25) is 0 Å². The Hall–Kier alpha value is -3.04. The van der Waals surface area contributed by atoms with Gasteiger partial charge in [0.1, 0.15) is 9.92 Å². The summed E-state index contributed by atoms with van der Waals surface area (Å²) in [4.78, 5) is 2.46. The minimum absolute atomic E-state index is 0.223. The molecule has 0 radical (unpaired) electrons. The molecule has 3 N–H and O–H groups in total. The lowest BCUT2D eigenvalue weighted by Crippen LogP contribution is -2.28. The molecule has 1 heterocycles. The Morgan fingerprint density at radius 1 is 1.00 bits per heavy atom. The number of anilines is 3. The normalized spacial score (nSPS) is 15.1. The zero-order chi connectivity index (χ0) is 24.3. The molecular weight excluding hydrogens is 461 g/mol. The third-order valence-electron chi connectivity index (χ3n) is 5.96. The molecule has 9 heteroatoms. The van der Waals surface area contributed by atoms with Crippen molar-refractivity contribution in [1.82, 2.24) is 4.72 Å². The zero-order valence-corrected chi connectivity index (χ0v) is 19.6. The van der Waals surface area contributed by atoms with Gasteiger partial charge in [-0.1, -0.05) is 24.3 Å². The Balaban J connectivity index is 1.50. The number of nitrogen functional groups attached to an aromatic ring is 1. The maximum atomic E-state index is 13.3. The van der Waals surface area contributed by atoms with Crippen LogP contribution in [0.25, 0.3) is 0 Å². The number of para-hydroxylation sites is 1. The molecule has 0 saturated heterocycles. The van der Waals surface area contributed by atoms with E-state index < -0.39 is 21.7 Å². The first-order valence-electron chi connectivity index (χ1n) is 11.0. The first-order valence-corrected chi connectivity index (χ1v) is 12.5. The molecule has 3 aromatic rings. The molecule has 0 amide bonds. The lowest BCUT2D eigenvalue weighted by Gasteiger charge is -2.27. The van der Waals surface area contributed by atoms with Crippen LogP contribution in [0.1, 0.15) is 23.1 Å². The van der Waals surface area contributed by atoms with Crippen molar-refractivity contribution in [1.29, 1.82) is 0 Å². The Kier molecular flexibility index (Phi) is 6.86. The first-order chi connectivity index (χ1) is 16.2. The number of nitrogens with zero attached hydrogens (tertiary/aromatic N) is 2. The summed E-state index contributed by atoms with van der Waals surface area (Å²) in [5.74, 6) is 0. The van der Waals surface area contributed by atoms with E-state index in [2.05, 4.69) is 32.2 Å². The van der Waals surface area contributed by atoms with Crippen LogP contribution in [-0.4, -0.2) is 24.3 Å². The number of halogens is 3. The fourth-order valence-corrected chi connectivity index (χ4v) is 5.63. The number of hydrogen-bond acceptors (Lipinski definition) is 4. The predicted molar refractivity (Wildman–Crippen MR) is 131 cm³/mol. The van der Waals surface area contributed by atoms with Crippen LogP contribution in [0, 0.1) is 0 Å². The quantitative estimate of drug-likeness (QED) is 0.352. The van der Waals surface area contributed by atoms with E-state index in [1.807, 2.05) is 24.3 Å². The van der Waals surface area contributed by atoms with Gasteiger partial charge in [-0.2, -0.15) is 13.2 Å². The van der Waals surface area contributed by atoms with Crippen LogP contribution >= 0.6 is 0 Å². The second-order valence-corrected chi connectivity index (χ2v) is 10.3.